The third-order valence-corrected chi connectivity index (χ3v) is 3.35. The van der Waals surface area contributed by atoms with E-state index in [1.54, 1.807) is 13.8 Å². The molecule has 0 fully saturated rings. The maximum absolute atomic E-state index is 12.8. The van der Waals surface area contributed by atoms with Crippen LogP contribution in [-0.2, 0) is 10.0 Å². The summed E-state index contributed by atoms with van der Waals surface area (Å²) in [6.07, 6.45) is -5.22. The van der Waals surface area contributed by atoms with E-state index in [1.807, 2.05) is 0 Å². The van der Waals surface area contributed by atoms with Gasteiger partial charge in [-0.2, -0.15) is 13.2 Å². The zero-order chi connectivity index (χ0) is 14.8. The van der Waals surface area contributed by atoms with Crippen molar-refractivity contribution in [2.75, 3.05) is 0 Å². The summed E-state index contributed by atoms with van der Waals surface area (Å²) < 4.78 is 65.9. The monoisotopic (exact) mass is 297 g/mol. The Morgan fingerprint density at radius 2 is 1.84 bits per heavy atom. The number of ether oxygens (including phenoxy) is 1. The molecule has 0 bridgehead atoms. The van der Waals surface area contributed by atoms with Crippen LogP contribution in [0, 0.1) is 0 Å². The summed E-state index contributed by atoms with van der Waals surface area (Å²) in [4.78, 5) is 0. The largest absolute Gasteiger partial charge is 0.491 e. The van der Waals surface area contributed by atoms with E-state index in [0.29, 0.717) is 0 Å². The molecule has 108 valence electrons. The minimum atomic E-state index is -4.98. The lowest BCUT2D eigenvalue weighted by atomic mass is 10.1. The van der Waals surface area contributed by atoms with Gasteiger partial charge in [0.1, 0.15) is 5.75 Å². The van der Waals surface area contributed by atoms with Gasteiger partial charge < -0.3 is 4.74 Å². The highest BCUT2D eigenvalue weighted by Gasteiger charge is 2.48. The smallest absolute Gasteiger partial charge is 0.410 e. The van der Waals surface area contributed by atoms with Gasteiger partial charge in [-0.3, -0.25) is 0 Å². The van der Waals surface area contributed by atoms with E-state index in [9.17, 15) is 21.6 Å². The van der Waals surface area contributed by atoms with Crippen LogP contribution < -0.4 is 9.88 Å². The maximum Gasteiger partial charge on any atom is 0.410 e. The molecule has 0 aromatic heterocycles. The summed E-state index contributed by atoms with van der Waals surface area (Å²) in [6, 6.07) is 4.81. The number of sulfonamides is 1. The molecule has 0 heterocycles. The first kappa shape index (κ1) is 15.8. The maximum atomic E-state index is 12.8. The van der Waals surface area contributed by atoms with Crippen molar-refractivity contribution in [3.63, 3.8) is 0 Å². The first-order valence-corrected chi connectivity index (χ1v) is 6.97. The van der Waals surface area contributed by atoms with E-state index in [4.69, 9.17) is 4.74 Å². The number of benzene rings is 1. The number of halogens is 3. The molecule has 0 radical (unpaired) electrons. The quantitative estimate of drug-likeness (QED) is 0.927. The first-order chi connectivity index (χ1) is 8.51. The molecule has 2 N–H and O–H groups in total. The Bertz CT molecular complexity index is 540. The van der Waals surface area contributed by atoms with Crippen LogP contribution in [0.25, 0.3) is 0 Å². The molecule has 0 saturated carbocycles. The molecule has 19 heavy (non-hydrogen) atoms. The van der Waals surface area contributed by atoms with Crippen molar-refractivity contribution in [3.8, 4) is 5.75 Å². The fourth-order valence-electron chi connectivity index (χ4n) is 1.59. The fourth-order valence-corrected chi connectivity index (χ4v) is 2.49. The summed E-state index contributed by atoms with van der Waals surface area (Å²) >= 11 is 0. The molecule has 0 amide bonds. The first-order valence-electron chi connectivity index (χ1n) is 5.36. The van der Waals surface area contributed by atoms with Crippen LogP contribution in [0.5, 0.6) is 5.75 Å². The van der Waals surface area contributed by atoms with E-state index >= 15 is 0 Å². The van der Waals surface area contributed by atoms with Crippen LogP contribution in [-0.4, -0.2) is 20.7 Å². The van der Waals surface area contributed by atoms with Crippen molar-refractivity contribution in [2.45, 2.75) is 31.4 Å². The zero-order valence-electron chi connectivity index (χ0n) is 10.3. The van der Waals surface area contributed by atoms with Gasteiger partial charge >= 0.3 is 6.18 Å². The highest BCUT2D eigenvalue weighted by Crippen LogP contribution is 2.38. The van der Waals surface area contributed by atoms with Gasteiger partial charge in [-0.1, -0.05) is 12.1 Å². The molecular weight excluding hydrogens is 283 g/mol. The van der Waals surface area contributed by atoms with Gasteiger partial charge in [0.2, 0.25) is 10.0 Å². The molecule has 1 atom stereocenters. The lowest BCUT2D eigenvalue weighted by Crippen LogP contribution is -2.33. The number of hydrogen-bond donors (Lipinski definition) is 1. The van der Waals surface area contributed by atoms with E-state index in [1.165, 1.54) is 12.1 Å². The van der Waals surface area contributed by atoms with Gasteiger partial charge in [-0.05, 0) is 31.5 Å². The van der Waals surface area contributed by atoms with Gasteiger partial charge in [0, 0.05) is 0 Å². The van der Waals surface area contributed by atoms with Crippen molar-refractivity contribution in [1.82, 2.24) is 0 Å². The second-order valence-electron chi connectivity index (χ2n) is 4.25. The summed E-state index contributed by atoms with van der Waals surface area (Å²) in [5.74, 6) is 0.158. The molecule has 1 aromatic rings. The average Bonchev–Trinajstić information content (AvgIpc) is 2.11. The minimum Gasteiger partial charge on any atom is -0.491 e. The topological polar surface area (TPSA) is 69.4 Å². The molecular formula is C11H14F3NO3S. The Morgan fingerprint density at radius 1 is 1.26 bits per heavy atom. The van der Waals surface area contributed by atoms with Crippen LogP contribution in [0.1, 0.15) is 24.7 Å². The van der Waals surface area contributed by atoms with Gasteiger partial charge in [-0.25, -0.2) is 13.6 Å². The summed E-state index contributed by atoms with van der Waals surface area (Å²) in [5.41, 5.74) is -0.465. The predicted molar refractivity (Wildman–Crippen MR) is 64.1 cm³/mol. The number of hydrogen-bond acceptors (Lipinski definition) is 3. The van der Waals surface area contributed by atoms with Crippen LogP contribution in [0.2, 0.25) is 0 Å². The van der Waals surface area contributed by atoms with Crippen molar-refractivity contribution in [1.29, 1.82) is 0 Å². The predicted octanol–water partition coefficient (Wildman–Crippen LogP) is 2.37. The number of alkyl halides is 3. The average molecular weight is 297 g/mol. The van der Waals surface area contributed by atoms with E-state index < -0.39 is 27.0 Å². The number of nitrogens with two attached hydrogens (primary N) is 1. The van der Waals surface area contributed by atoms with Crippen LogP contribution >= 0.6 is 0 Å². The second-order valence-corrected chi connectivity index (χ2v) is 5.90. The van der Waals surface area contributed by atoms with Gasteiger partial charge in [0.15, 0.2) is 5.25 Å². The Hall–Kier alpha value is -1.28. The highest BCUT2D eigenvalue weighted by atomic mass is 32.2. The zero-order valence-corrected chi connectivity index (χ0v) is 11.1. The Kier molecular flexibility index (Phi) is 4.46. The second kappa shape index (κ2) is 5.38. The van der Waals surface area contributed by atoms with Gasteiger partial charge in [0.05, 0.1) is 6.10 Å². The van der Waals surface area contributed by atoms with Gasteiger partial charge in [0.25, 0.3) is 0 Å². The molecule has 1 rings (SSSR count). The van der Waals surface area contributed by atoms with Gasteiger partial charge in [-0.15, -0.1) is 0 Å². The lowest BCUT2D eigenvalue weighted by Gasteiger charge is -2.19. The molecule has 0 spiro atoms. The summed E-state index contributed by atoms with van der Waals surface area (Å²) in [5, 5.41) is 1.91. The van der Waals surface area contributed by atoms with E-state index in [-0.39, 0.29) is 11.9 Å². The van der Waals surface area contributed by atoms with Crippen molar-refractivity contribution in [3.05, 3.63) is 29.8 Å². The SMILES string of the molecule is CC(C)Oc1cccc(C(C(F)(F)F)S(N)(=O)=O)c1. The normalized spacial score (nSPS) is 14.5. The summed E-state index contributed by atoms with van der Waals surface area (Å²) in [6.45, 7) is 3.40. The Labute approximate surface area is 109 Å². The molecule has 4 nitrogen and oxygen atoms in total. The molecule has 0 aliphatic rings. The Balaban J connectivity index is 3.25. The van der Waals surface area contributed by atoms with E-state index in [2.05, 4.69) is 5.14 Å². The lowest BCUT2D eigenvalue weighted by molar-refractivity contribution is -0.131. The standard InChI is InChI=1S/C11H14F3NO3S/c1-7(2)18-9-5-3-4-8(6-9)10(11(12,13)14)19(15,16)17/h3-7,10H,1-2H3,(H2,15,16,17). The van der Waals surface area contributed by atoms with Crippen molar-refractivity contribution >= 4 is 10.0 Å². The third-order valence-electron chi connectivity index (χ3n) is 2.16. The van der Waals surface area contributed by atoms with Crippen LogP contribution in [0.15, 0.2) is 24.3 Å². The molecule has 0 aliphatic heterocycles. The van der Waals surface area contributed by atoms with E-state index in [0.717, 1.165) is 12.1 Å². The van der Waals surface area contributed by atoms with Crippen LogP contribution in [0.4, 0.5) is 13.2 Å². The molecule has 8 heteroatoms. The molecule has 0 aliphatic carbocycles. The Morgan fingerprint density at radius 3 is 2.26 bits per heavy atom. The molecule has 1 unspecified atom stereocenters. The van der Waals surface area contributed by atoms with Crippen molar-refractivity contribution in [2.24, 2.45) is 5.14 Å². The molecule has 0 saturated heterocycles. The number of rotatable bonds is 4. The minimum absolute atomic E-state index is 0.158. The number of primary sulfonamides is 1. The third kappa shape index (κ3) is 4.39. The molecule has 1 aromatic carbocycles. The van der Waals surface area contributed by atoms with Crippen LogP contribution in [0.3, 0.4) is 0 Å². The summed E-state index contributed by atoms with van der Waals surface area (Å²) in [7, 11) is -4.80. The van der Waals surface area contributed by atoms with Crippen molar-refractivity contribution < 1.29 is 26.3 Å². The highest BCUT2D eigenvalue weighted by molar-refractivity contribution is 7.89. The fraction of sp³-hybridized carbons (Fsp3) is 0.455.